The van der Waals surface area contributed by atoms with E-state index in [1.165, 1.54) is 11.3 Å². The fourth-order valence-corrected chi connectivity index (χ4v) is 3.96. The molecule has 0 aliphatic rings. The van der Waals surface area contributed by atoms with Crippen LogP contribution in [0.5, 0.6) is 0 Å². The first-order valence-corrected chi connectivity index (χ1v) is 8.78. The Labute approximate surface area is 113 Å². The summed E-state index contributed by atoms with van der Waals surface area (Å²) in [5.74, 6) is 0.176. The van der Waals surface area contributed by atoms with Crippen molar-refractivity contribution in [3.8, 4) is 6.07 Å². The third kappa shape index (κ3) is 5.61. The zero-order valence-electron chi connectivity index (χ0n) is 10.6. The molecule has 0 atom stereocenters. The second-order valence-electron chi connectivity index (χ2n) is 4.19. The molecule has 0 aromatic carbocycles. The van der Waals surface area contributed by atoms with Crippen LogP contribution in [0, 0.1) is 11.3 Å². The minimum absolute atomic E-state index is 0.0275. The number of nitriles is 1. The summed E-state index contributed by atoms with van der Waals surface area (Å²) in [4.78, 5) is 4.32. The van der Waals surface area contributed by atoms with Gasteiger partial charge in [-0.3, -0.25) is 0 Å². The molecule has 1 aromatic rings. The van der Waals surface area contributed by atoms with E-state index >= 15 is 0 Å². The van der Waals surface area contributed by atoms with E-state index in [1.54, 1.807) is 0 Å². The maximum absolute atomic E-state index is 11.8. The van der Waals surface area contributed by atoms with Crippen molar-refractivity contribution in [3.05, 3.63) is 16.1 Å². The summed E-state index contributed by atoms with van der Waals surface area (Å²) in [6, 6.07) is 2.02. The van der Waals surface area contributed by atoms with Gasteiger partial charge in [0.1, 0.15) is 0 Å². The van der Waals surface area contributed by atoms with Crippen molar-refractivity contribution < 1.29 is 8.42 Å². The summed E-state index contributed by atoms with van der Waals surface area (Å²) in [7, 11) is -3.08. The molecule has 18 heavy (non-hydrogen) atoms. The van der Waals surface area contributed by atoms with Crippen molar-refractivity contribution >= 4 is 21.2 Å². The van der Waals surface area contributed by atoms with Crippen molar-refractivity contribution in [2.24, 2.45) is 0 Å². The molecule has 0 spiro atoms. The molecule has 1 aromatic heterocycles. The Morgan fingerprint density at radius 1 is 1.44 bits per heavy atom. The molecule has 6 heteroatoms. The molecule has 0 bridgehead atoms. The molecule has 0 amide bonds. The summed E-state index contributed by atoms with van der Waals surface area (Å²) >= 11 is 1.53. The van der Waals surface area contributed by atoms with Gasteiger partial charge in [-0.05, 0) is 25.7 Å². The van der Waals surface area contributed by atoms with Gasteiger partial charge in [-0.1, -0.05) is 6.92 Å². The van der Waals surface area contributed by atoms with Crippen LogP contribution in [0.2, 0.25) is 0 Å². The Morgan fingerprint density at radius 3 is 2.89 bits per heavy atom. The van der Waals surface area contributed by atoms with Gasteiger partial charge in [-0.2, -0.15) is 5.26 Å². The third-order valence-electron chi connectivity index (χ3n) is 2.42. The lowest BCUT2D eigenvalue weighted by Gasteiger charge is -2.01. The molecule has 100 valence electrons. The molecule has 0 radical (unpaired) electrons. The number of unbranched alkanes of at least 4 members (excludes halogenated alkanes) is 2. The minimum Gasteiger partial charge on any atom is -0.245 e. The summed E-state index contributed by atoms with van der Waals surface area (Å²) in [6.45, 7) is 2.08. The quantitative estimate of drug-likeness (QED) is 0.689. The first-order chi connectivity index (χ1) is 8.57. The number of aryl methyl sites for hydroxylation is 1. The largest absolute Gasteiger partial charge is 0.245 e. The highest BCUT2D eigenvalue weighted by Gasteiger charge is 2.14. The topological polar surface area (TPSA) is 70.8 Å². The number of rotatable bonds is 8. The van der Waals surface area contributed by atoms with Crippen molar-refractivity contribution in [3.63, 3.8) is 0 Å². The molecule has 0 unspecified atom stereocenters. The Kier molecular flexibility index (Phi) is 6.30. The molecule has 0 N–H and O–H groups in total. The van der Waals surface area contributed by atoms with E-state index < -0.39 is 9.84 Å². The summed E-state index contributed by atoms with van der Waals surface area (Å²) in [5.41, 5.74) is 0.656. The molecular weight excluding hydrogens is 268 g/mol. The number of aromatic nitrogens is 1. The van der Waals surface area contributed by atoms with Gasteiger partial charge in [0, 0.05) is 11.8 Å². The Hall–Kier alpha value is -0.930. The monoisotopic (exact) mass is 286 g/mol. The van der Waals surface area contributed by atoms with Crippen molar-refractivity contribution in [1.29, 1.82) is 5.26 Å². The van der Waals surface area contributed by atoms with Crippen LogP contribution in [0.1, 0.15) is 43.3 Å². The lowest BCUT2D eigenvalue weighted by Crippen LogP contribution is -2.09. The van der Waals surface area contributed by atoms with E-state index in [0.29, 0.717) is 25.0 Å². The minimum atomic E-state index is -3.08. The van der Waals surface area contributed by atoms with Gasteiger partial charge >= 0.3 is 0 Å². The van der Waals surface area contributed by atoms with Gasteiger partial charge in [0.05, 0.1) is 28.3 Å². The standard InChI is InChI=1S/C12H18N2O2S2/c1-2-6-12-14-11(9-17-12)10-18(15,16)8-5-3-4-7-13/h9H,2-6,8,10H2,1H3. The van der Waals surface area contributed by atoms with Crippen LogP contribution in [0.4, 0.5) is 0 Å². The fourth-order valence-electron chi connectivity index (χ4n) is 1.57. The molecule has 4 nitrogen and oxygen atoms in total. The third-order valence-corrected chi connectivity index (χ3v) is 5.03. The number of hydrogen-bond donors (Lipinski definition) is 0. The van der Waals surface area contributed by atoms with Gasteiger partial charge < -0.3 is 0 Å². The highest BCUT2D eigenvalue weighted by atomic mass is 32.2. The maximum Gasteiger partial charge on any atom is 0.156 e. The van der Waals surface area contributed by atoms with E-state index in [0.717, 1.165) is 17.8 Å². The summed E-state index contributed by atoms with van der Waals surface area (Å²) in [5, 5.41) is 11.2. The normalized spacial score (nSPS) is 11.3. The molecule has 0 aliphatic carbocycles. The second kappa shape index (κ2) is 7.49. The number of hydrogen-bond acceptors (Lipinski definition) is 5. The smallest absolute Gasteiger partial charge is 0.156 e. The van der Waals surface area contributed by atoms with Crippen LogP contribution in [0.3, 0.4) is 0 Å². The van der Waals surface area contributed by atoms with Gasteiger partial charge in [0.15, 0.2) is 9.84 Å². The molecule has 1 heterocycles. The van der Waals surface area contributed by atoms with E-state index in [1.807, 2.05) is 11.4 Å². The highest BCUT2D eigenvalue weighted by molar-refractivity contribution is 7.90. The van der Waals surface area contributed by atoms with E-state index in [2.05, 4.69) is 11.9 Å². The fraction of sp³-hybridized carbons (Fsp3) is 0.667. The zero-order chi connectivity index (χ0) is 13.4. The number of thiazole rings is 1. The van der Waals surface area contributed by atoms with Gasteiger partial charge in [0.2, 0.25) is 0 Å². The van der Waals surface area contributed by atoms with Crippen LogP contribution < -0.4 is 0 Å². The SMILES string of the molecule is CCCc1nc(CS(=O)(=O)CCCCC#N)cs1. The predicted molar refractivity (Wildman–Crippen MR) is 73.1 cm³/mol. The number of sulfone groups is 1. The van der Waals surface area contributed by atoms with E-state index in [-0.39, 0.29) is 11.5 Å². The molecule has 0 saturated heterocycles. The zero-order valence-corrected chi connectivity index (χ0v) is 12.2. The van der Waals surface area contributed by atoms with Crippen molar-refractivity contribution in [2.45, 2.75) is 44.8 Å². The first-order valence-electron chi connectivity index (χ1n) is 6.08. The Balaban J connectivity index is 2.46. The molecule has 1 rings (SSSR count). The predicted octanol–water partition coefficient (Wildman–Crippen LogP) is 2.70. The highest BCUT2D eigenvalue weighted by Crippen LogP contribution is 2.15. The van der Waals surface area contributed by atoms with Crippen LogP contribution in [-0.4, -0.2) is 19.2 Å². The van der Waals surface area contributed by atoms with Crippen LogP contribution in [0.25, 0.3) is 0 Å². The average molecular weight is 286 g/mol. The summed E-state index contributed by atoms with van der Waals surface area (Å²) < 4.78 is 23.6. The Bertz CT molecular complexity index is 500. The summed E-state index contributed by atoms with van der Waals surface area (Å²) in [6.07, 6.45) is 3.56. The maximum atomic E-state index is 11.8. The van der Waals surface area contributed by atoms with Gasteiger partial charge in [-0.25, -0.2) is 13.4 Å². The van der Waals surface area contributed by atoms with Crippen molar-refractivity contribution in [2.75, 3.05) is 5.75 Å². The lowest BCUT2D eigenvalue weighted by molar-refractivity contribution is 0.590. The molecular formula is C12H18N2O2S2. The van der Waals surface area contributed by atoms with Gasteiger partial charge in [0.25, 0.3) is 0 Å². The average Bonchev–Trinajstić information content (AvgIpc) is 2.72. The molecule has 0 saturated carbocycles. The van der Waals surface area contributed by atoms with Crippen LogP contribution in [0.15, 0.2) is 5.38 Å². The van der Waals surface area contributed by atoms with Crippen molar-refractivity contribution in [1.82, 2.24) is 4.98 Å². The lowest BCUT2D eigenvalue weighted by atomic mass is 10.3. The van der Waals surface area contributed by atoms with E-state index in [9.17, 15) is 8.42 Å². The Morgan fingerprint density at radius 2 is 2.22 bits per heavy atom. The molecule has 0 aliphatic heterocycles. The van der Waals surface area contributed by atoms with Crippen LogP contribution in [-0.2, 0) is 22.0 Å². The first kappa shape index (κ1) is 15.1. The number of nitrogens with zero attached hydrogens (tertiary/aromatic N) is 2. The second-order valence-corrected chi connectivity index (χ2v) is 7.32. The van der Waals surface area contributed by atoms with E-state index in [4.69, 9.17) is 5.26 Å². The molecule has 0 fully saturated rings. The van der Waals surface area contributed by atoms with Gasteiger partial charge in [-0.15, -0.1) is 11.3 Å². The van der Waals surface area contributed by atoms with Crippen LogP contribution >= 0.6 is 11.3 Å².